The molecule has 2 heterocycles. The van der Waals surface area contributed by atoms with Crippen molar-refractivity contribution in [1.82, 2.24) is 0 Å². The molecule has 0 N–H and O–H groups in total. The lowest BCUT2D eigenvalue weighted by molar-refractivity contribution is -0.188. The molecule has 0 spiro atoms. The molecular weight excluding hydrogens is 316 g/mol. The summed E-state index contributed by atoms with van der Waals surface area (Å²) >= 11 is 0. The fourth-order valence-electron chi connectivity index (χ4n) is 3.99. The van der Waals surface area contributed by atoms with Gasteiger partial charge in [0, 0.05) is 25.9 Å². The van der Waals surface area contributed by atoms with Crippen LogP contribution in [0.5, 0.6) is 0 Å². The molecule has 0 aromatic heterocycles. The number of hydrogen-bond acceptors (Lipinski definition) is 4. The lowest BCUT2D eigenvalue weighted by Crippen LogP contribution is -2.39. The third kappa shape index (κ3) is 5.25. The summed E-state index contributed by atoms with van der Waals surface area (Å²) in [6.07, 6.45) is 7.39. The van der Waals surface area contributed by atoms with Gasteiger partial charge in [-0.05, 0) is 53.4 Å². The summed E-state index contributed by atoms with van der Waals surface area (Å²) in [5.74, 6) is 0.586. The van der Waals surface area contributed by atoms with Crippen LogP contribution in [0.25, 0.3) is 0 Å². The number of carbonyl (C=O) groups excluding carboxylic acids is 1. The quantitative estimate of drug-likeness (QED) is 0.601. The monoisotopic (exact) mass is 350 g/mol. The molecule has 4 nitrogen and oxygen atoms in total. The van der Waals surface area contributed by atoms with Crippen LogP contribution in [0, 0.1) is 5.92 Å². The van der Waals surface area contributed by atoms with Crippen LogP contribution in [0.4, 0.5) is 0 Å². The van der Waals surface area contributed by atoms with E-state index in [-0.39, 0.29) is 29.9 Å². The van der Waals surface area contributed by atoms with Gasteiger partial charge in [-0.3, -0.25) is 0 Å². The van der Waals surface area contributed by atoms with Crippen LogP contribution >= 0.6 is 0 Å². The molecule has 5 atom stereocenters. The highest BCUT2D eigenvalue weighted by atomic mass is 16.7. The minimum Gasteiger partial charge on any atom is -0.371 e. The molecule has 2 aliphatic rings. The first-order chi connectivity index (χ1) is 11.7. The van der Waals surface area contributed by atoms with Crippen LogP contribution in [0.3, 0.4) is 0 Å². The zero-order valence-corrected chi connectivity index (χ0v) is 16.5. The highest BCUT2D eigenvalue weighted by molar-refractivity contribution is 5.75. The topological polar surface area (TPSA) is 44.8 Å². The molecule has 0 radical (unpaired) electrons. The molecule has 142 valence electrons. The van der Waals surface area contributed by atoms with E-state index in [0.717, 1.165) is 32.1 Å². The number of ketones is 1. The van der Waals surface area contributed by atoms with E-state index >= 15 is 0 Å². The predicted octanol–water partition coefficient (Wildman–Crippen LogP) is 4.58. The first kappa shape index (κ1) is 20.3. The maximum absolute atomic E-state index is 11.1. The first-order valence-corrected chi connectivity index (χ1v) is 9.41. The summed E-state index contributed by atoms with van der Waals surface area (Å²) in [6, 6.07) is 0. The maximum atomic E-state index is 11.1. The number of ether oxygens (including phenoxy) is 3. The molecule has 0 saturated carbocycles. The minimum atomic E-state index is -0.282. The first-order valence-electron chi connectivity index (χ1n) is 9.41. The third-order valence-electron chi connectivity index (χ3n) is 5.62. The summed E-state index contributed by atoms with van der Waals surface area (Å²) in [6.45, 7) is 12.2. The average Bonchev–Trinajstić information content (AvgIpc) is 3.12. The number of rotatable bonds is 8. The number of allylic oxidation sites excluding steroid dienone is 1. The van der Waals surface area contributed by atoms with E-state index in [4.69, 9.17) is 14.2 Å². The third-order valence-corrected chi connectivity index (χ3v) is 5.62. The van der Waals surface area contributed by atoms with E-state index in [1.165, 1.54) is 11.1 Å². The van der Waals surface area contributed by atoms with E-state index in [0.29, 0.717) is 12.3 Å². The van der Waals surface area contributed by atoms with Gasteiger partial charge < -0.3 is 19.0 Å². The van der Waals surface area contributed by atoms with Gasteiger partial charge in [-0.2, -0.15) is 0 Å². The SMILES string of the molecule is C=C(C)[C@H]1C[C@@H]([C@@]2(C)CC[C@@H](OC)O2)O[C@H]1C/C(C)=C/CCC(C)=O. The zero-order valence-electron chi connectivity index (χ0n) is 16.5. The molecular formula is C21H34O4. The number of methoxy groups -OCH3 is 1. The second-order valence-corrected chi connectivity index (χ2v) is 7.98. The average molecular weight is 350 g/mol. The fourth-order valence-corrected chi connectivity index (χ4v) is 3.99. The molecule has 2 saturated heterocycles. The van der Waals surface area contributed by atoms with Crippen molar-refractivity contribution in [3.05, 3.63) is 23.8 Å². The Morgan fingerprint density at radius 1 is 1.36 bits per heavy atom. The summed E-state index contributed by atoms with van der Waals surface area (Å²) in [4.78, 5) is 11.1. The molecule has 0 unspecified atom stereocenters. The van der Waals surface area contributed by atoms with Crippen LogP contribution < -0.4 is 0 Å². The highest BCUT2D eigenvalue weighted by Gasteiger charge is 2.49. The Bertz CT molecular complexity index is 524. The van der Waals surface area contributed by atoms with Crippen molar-refractivity contribution < 1.29 is 19.0 Å². The number of carbonyl (C=O) groups is 1. The lowest BCUT2D eigenvalue weighted by atomic mass is 9.85. The van der Waals surface area contributed by atoms with Crippen molar-refractivity contribution in [3.63, 3.8) is 0 Å². The van der Waals surface area contributed by atoms with Gasteiger partial charge in [-0.1, -0.05) is 23.8 Å². The van der Waals surface area contributed by atoms with Crippen LogP contribution in [0.1, 0.15) is 66.2 Å². The van der Waals surface area contributed by atoms with Crippen molar-refractivity contribution in [2.45, 2.75) is 90.3 Å². The smallest absolute Gasteiger partial charge is 0.158 e. The van der Waals surface area contributed by atoms with Crippen molar-refractivity contribution >= 4 is 5.78 Å². The summed E-state index contributed by atoms with van der Waals surface area (Å²) < 4.78 is 18.0. The Labute approximate surface area is 152 Å². The van der Waals surface area contributed by atoms with Crippen LogP contribution in [-0.4, -0.2) is 37.0 Å². The molecule has 0 aromatic rings. The van der Waals surface area contributed by atoms with Crippen molar-refractivity contribution in [2.75, 3.05) is 7.11 Å². The van der Waals surface area contributed by atoms with Gasteiger partial charge in [0.1, 0.15) is 5.78 Å². The largest absolute Gasteiger partial charge is 0.371 e. The Kier molecular flexibility index (Phi) is 7.01. The summed E-state index contributed by atoms with van der Waals surface area (Å²) in [5.41, 5.74) is 2.18. The Morgan fingerprint density at radius 3 is 2.64 bits per heavy atom. The molecule has 2 fully saturated rings. The van der Waals surface area contributed by atoms with Gasteiger partial charge >= 0.3 is 0 Å². The van der Waals surface area contributed by atoms with Gasteiger partial charge in [-0.15, -0.1) is 0 Å². The standard InChI is InChI=1S/C21H34O4/c1-14(2)17-13-19(21(5)11-10-20(23-6)25-21)24-18(17)12-15(3)8-7-9-16(4)22/h8,17-20H,1,7,9-13H2,2-6H3/b15-8+/t17-,18+,19+,20+,21-/m1/s1. The minimum absolute atomic E-state index is 0.0735. The van der Waals surface area contributed by atoms with Gasteiger partial charge in [0.15, 0.2) is 6.29 Å². The van der Waals surface area contributed by atoms with E-state index in [9.17, 15) is 4.79 Å². The molecule has 0 amide bonds. The zero-order chi connectivity index (χ0) is 18.6. The van der Waals surface area contributed by atoms with E-state index in [1.807, 2.05) is 0 Å². The van der Waals surface area contributed by atoms with E-state index in [2.05, 4.69) is 33.4 Å². The Morgan fingerprint density at radius 2 is 2.08 bits per heavy atom. The molecule has 0 aliphatic carbocycles. The molecule has 4 heteroatoms. The summed E-state index contributed by atoms with van der Waals surface area (Å²) in [7, 11) is 1.70. The van der Waals surface area contributed by atoms with Crippen LogP contribution in [-0.2, 0) is 19.0 Å². The van der Waals surface area contributed by atoms with Crippen LogP contribution in [0.15, 0.2) is 23.8 Å². The normalized spacial score (nSPS) is 36.0. The second-order valence-electron chi connectivity index (χ2n) is 7.98. The molecule has 2 rings (SSSR count). The maximum Gasteiger partial charge on any atom is 0.158 e. The highest BCUT2D eigenvalue weighted by Crippen LogP contribution is 2.44. The summed E-state index contributed by atoms with van der Waals surface area (Å²) in [5, 5.41) is 0. The number of hydrogen-bond donors (Lipinski definition) is 0. The van der Waals surface area contributed by atoms with Crippen molar-refractivity contribution in [1.29, 1.82) is 0 Å². The Hall–Kier alpha value is -0.970. The molecule has 0 aromatic carbocycles. The van der Waals surface area contributed by atoms with Crippen molar-refractivity contribution in [2.24, 2.45) is 5.92 Å². The molecule has 0 bridgehead atoms. The molecule has 25 heavy (non-hydrogen) atoms. The fraction of sp³-hybridized carbons (Fsp3) is 0.762. The van der Waals surface area contributed by atoms with Gasteiger partial charge in [0.25, 0.3) is 0 Å². The second kappa shape index (κ2) is 8.61. The van der Waals surface area contributed by atoms with E-state index < -0.39 is 0 Å². The van der Waals surface area contributed by atoms with E-state index in [1.54, 1.807) is 14.0 Å². The molecule has 2 aliphatic heterocycles. The predicted molar refractivity (Wildman–Crippen MR) is 99.4 cm³/mol. The van der Waals surface area contributed by atoms with Crippen LogP contribution in [0.2, 0.25) is 0 Å². The van der Waals surface area contributed by atoms with Gasteiger partial charge in [0.2, 0.25) is 0 Å². The lowest BCUT2D eigenvalue weighted by Gasteiger charge is -2.31. The van der Waals surface area contributed by atoms with Gasteiger partial charge in [0.05, 0.1) is 17.8 Å². The van der Waals surface area contributed by atoms with Crippen molar-refractivity contribution in [3.8, 4) is 0 Å². The number of Topliss-reactive ketones (excluding diaryl/α,β-unsaturated/α-hetero) is 1. The Balaban J connectivity index is 2.00. The van der Waals surface area contributed by atoms with Gasteiger partial charge in [-0.25, -0.2) is 0 Å².